The molecule has 2 N–H and O–H groups in total. The molecule has 122 valence electrons. The van der Waals surface area contributed by atoms with E-state index in [0.29, 0.717) is 11.1 Å². The number of carbonyl (C=O) groups is 2. The summed E-state index contributed by atoms with van der Waals surface area (Å²) in [6.07, 6.45) is -0.905. The molecule has 0 aliphatic rings. The van der Waals surface area contributed by atoms with Crippen molar-refractivity contribution in [3.8, 4) is 0 Å². The van der Waals surface area contributed by atoms with Crippen LogP contribution in [0, 0.1) is 0 Å². The van der Waals surface area contributed by atoms with E-state index in [2.05, 4.69) is 0 Å². The predicted molar refractivity (Wildman–Crippen MR) is 89.5 cm³/mol. The van der Waals surface area contributed by atoms with Crippen LogP contribution in [0.5, 0.6) is 0 Å². The highest BCUT2D eigenvalue weighted by molar-refractivity contribution is 6.01. The summed E-state index contributed by atoms with van der Waals surface area (Å²) in [5.74, 6) is -0.478. The molecular weight excluding hydrogens is 292 g/mol. The third kappa shape index (κ3) is 6.14. The van der Waals surface area contributed by atoms with Crippen molar-refractivity contribution in [3.05, 3.63) is 71.8 Å². The molecule has 2 rings (SSSR count). The lowest BCUT2D eigenvalue weighted by Crippen LogP contribution is -2.30. The first-order valence-electron chi connectivity index (χ1n) is 7.33. The third-order valence-corrected chi connectivity index (χ3v) is 3.03. The largest absolute Gasteiger partial charge is 0.385 e. The summed E-state index contributed by atoms with van der Waals surface area (Å²) in [5.41, 5.74) is -0.172. The molecule has 0 fully saturated rings. The number of ketones is 2. The molecule has 0 saturated carbocycles. The zero-order valence-electron chi connectivity index (χ0n) is 13.6. The number of Topliss-reactive ketones (excluding diaryl/α,β-unsaturated/α-hetero) is 2. The van der Waals surface area contributed by atoms with E-state index in [1.54, 1.807) is 48.5 Å². The van der Waals surface area contributed by atoms with Gasteiger partial charge in [-0.3, -0.25) is 9.59 Å². The fraction of sp³-hybridized carbons (Fsp3) is 0.263. The first-order chi connectivity index (χ1) is 10.7. The van der Waals surface area contributed by atoms with Gasteiger partial charge in [0.15, 0.2) is 11.6 Å². The molecule has 1 unspecified atom stereocenters. The van der Waals surface area contributed by atoms with Crippen molar-refractivity contribution in [2.75, 3.05) is 0 Å². The summed E-state index contributed by atoms with van der Waals surface area (Å²) < 4.78 is 0. The SMILES string of the molecule is CC(C)(O)C(=O)c1ccccc1.CC(O)C(=O)c1ccccc1. The molecule has 2 aromatic carbocycles. The molecular formula is C19H22O4. The van der Waals surface area contributed by atoms with E-state index < -0.39 is 11.7 Å². The maximum Gasteiger partial charge on any atom is 0.193 e. The smallest absolute Gasteiger partial charge is 0.193 e. The van der Waals surface area contributed by atoms with E-state index in [9.17, 15) is 14.7 Å². The van der Waals surface area contributed by atoms with Crippen LogP contribution in [0.15, 0.2) is 60.7 Å². The maximum absolute atomic E-state index is 11.4. The van der Waals surface area contributed by atoms with E-state index in [0.717, 1.165) is 0 Å². The molecule has 2 aromatic rings. The Labute approximate surface area is 136 Å². The number of aliphatic hydroxyl groups is 2. The molecule has 0 heterocycles. The molecule has 4 heteroatoms. The van der Waals surface area contributed by atoms with E-state index in [4.69, 9.17) is 5.11 Å². The molecule has 0 aromatic heterocycles. The Morgan fingerprint density at radius 1 is 0.870 bits per heavy atom. The van der Waals surface area contributed by atoms with Gasteiger partial charge in [0.25, 0.3) is 0 Å². The minimum atomic E-state index is -1.28. The highest BCUT2D eigenvalue weighted by Crippen LogP contribution is 2.11. The van der Waals surface area contributed by atoms with Crippen molar-refractivity contribution >= 4 is 11.6 Å². The second-order valence-electron chi connectivity index (χ2n) is 5.66. The molecule has 23 heavy (non-hydrogen) atoms. The van der Waals surface area contributed by atoms with Crippen LogP contribution in [0.3, 0.4) is 0 Å². The lowest BCUT2D eigenvalue weighted by atomic mass is 9.97. The van der Waals surface area contributed by atoms with Gasteiger partial charge in [0, 0.05) is 11.1 Å². The van der Waals surface area contributed by atoms with Gasteiger partial charge in [-0.05, 0) is 20.8 Å². The Balaban J connectivity index is 0.000000231. The second kappa shape index (κ2) is 8.36. The van der Waals surface area contributed by atoms with E-state index in [1.165, 1.54) is 20.8 Å². The molecule has 4 nitrogen and oxygen atoms in total. The Hall–Kier alpha value is -2.30. The van der Waals surface area contributed by atoms with Gasteiger partial charge >= 0.3 is 0 Å². The van der Waals surface area contributed by atoms with Gasteiger partial charge in [0.05, 0.1) is 0 Å². The number of aliphatic hydroxyl groups excluding tert-OH is 1. The number of hydrogen-bond acceptors (Lipinski definition) is 4. The number of rotatable bonds is 4. The maximum atomic E-state index is 11.4. The van der Waals surface area contributed by atoms with Gasteiger partial charge in [0.1, 0.15) is 11.7 Å². The molecule has 0 bridgehead atoms. The molecule has 1 atom stereocenters. The monoisotopic (exact) mass is 314 g/mol. The van der Waals surface area contributed by atoms with Crippen LogP contribution in [0.4, 0.5) is 0 Å². The summed E-state index contributed by atoms with van der Waals surface area (Å²) in [6.45, 7) is 4.44. The van der Waals surface area contributed by atoms with Crippen LogP contribution in [0.25, 0.3) is 0 Å². The van der Waals surface area contributed by atoms with Crippen LogP contribution in [0.1, 0.15) is 41.5 Å². The van der Waals surface area contributed by atoms with Crippen molar-refractivity contribution in [3.63, 3.8) is 0 Å². The summed E-state index contributed by atoms with van der Waals surface area (Å²) >= 11 is 0. The van der Waals surface area contributed by atoms with E-state index in [1.807, 2.05) is 12.1 Å². The van der Waals surface area contributed by atoms with E-state index in [-0.39, 0.29) is 11.6 Å². The topological polar surface area (TPSA) is 74.6 Å². The fourth-order valence-electron chi connectivity index (χ4n) is 1.79. The van der Waals surface area contributed by atoms with Crippen LogP contribution in [-0.2, 0) is 0 Å². The number of hydrogen-bond donors (Lipinski definition) is 2. The Bertz CT molecular complexity index is 625. The third-order valence-electron chi connectivity index (χ3n) is 3.03. The average molecular weight is 314 g/mol. The summed E-state index contributed by atoms with van der Waals surface area (Å²) in [4.78, 5) is 22.5. The predicted octanol–water partition coefficient (Wildman–Crippen LogP) is 2.89. The minimum Gasteiger partial charge on any atom is -0.385 e. The minimum absolute atomic E-state index is 0.231. The van der Waals surface area contributed by atoms with Gasteiger partial charge in [-0.15, -0.1) is 0 Å². The first-order valence-corrected chi connectivity index (χ1v) is 7.33. The highest BCUT2D eigenvalue weighted by Gasteiger charge is 2.24. The quantitative estimate of drug-likeness (QED) is 0.851. The van der Waals surface area contributed by atoms with Gasteiger partial charge in [-0.1, -0.05) is 60.7 Å². The molecule has 0 amide bonds. The fourth-order valence-corrected chi connectivity index (χ4v) is 1.79. The molecule has 0 saturated heterocycles. The second-order valence-corrected chi connectivity index (χ2v) is 5.66. The number of carbonyl (C=O) groups excluding carboxylic acids is 2. The zero-order valence-corrected chi connectivity index (χ0v) is 13.6. The van der Waals surface area contributed by atoms with Crippen molar-refractivity contribution in [2.45, 2.75) is 32.5 Å². The summed E-state index contributed by atoms with van der Waals surface area (Å²) in [6, 6.07) is 17.5. The van der Waals surface area contributed by atoms with Gasteiger partial charge < -0.3 is 10.2 Å². The lowest BCUT2D eigenvalue weighted by Gasteiger charge is -2.14. The zero-order chi connectivity index (χ0) is 17.5. The molecule has 0 spiro atoms. The normalized spacial score (nSPS) is 11.9. The van der Waals surface area contributed by atoms with Crippen molar-refractivity contribution in [2.24, 2.45) is 0 Å². The Kier molecular flexibility index (Phi) is 6.82. The van der Waals surface area contributed by atoms with Gasteiger partial charge in [0.2, 0.25) is 0 Å². The molecule has 0 aliphatic carbocycles. The standard InChI is InChI=1S/C10H12O2.C9H10O2/c1-10(2,12)9(11)8-6-4-3-5-7-8;1-7(10)9(11)8-5-3-2-4-6-8/h3-7,12H,1-2H3;2-7,10H,1H3. The van der Waals surface area contributed by atoms with Crippen LogP contribution < -0.4 is 0 Å². The number of benzene rings is 2. The van der Waals surface area contributed by atoms with Crippen molar-refractivity contribution in [1.29, 1.82) is 0 Å². The molecule has 0 radical (unpaired) electrons. The van der Waals surface area contributed by atoms with Gasteiger partial charge in [-0.25, -0.2) is 0 Å². The van der Waals surface area contributed by atoms with E-state index >= 15 is 0 Å². The van der Waals surface area contributed by atoms with Crippen molar-refractivity contribution in [1.82, 2.24) is 0 Å². The van der Waals surface area contributed by atoms with Crippen molar-refractivity contribution < 1.29 is 19.8 Å². The summed E-state index contributed by atoms with van der Waals surface area (Å²) in [7, 11) is 0. The Morgan fingerprint density at radius 3 is 1.61 bits per heavy atom. The summed E-state index contributed by atoms with van der Waals surface area (Å²) in [5, 5.41) is 18.3. The molecule has 0 aliphatic heterocycles. The first kappa shape index (κ1) is 18.7. The lowest BCUT2D eigenvalue weighted by molar-refractivity contribution is 0.0488. The van der Waals surface area contributed by atoms with Crippen LogP contribution in [-0.4, -0.2) is 33.5 Å². The highest BCUT2D eigenvalue weighted by atomic mass is 16.3. The average Bonchev–Trinajstić information content (AvgIpc) is 2.54. The Morgan fingerprint density at radius 2 is 1.26 bits per heavy atom. The van der Waals surface area contributed by atoms with Crippen LogP contribution in [0.2, 0.25) is 0 Å². The van der Waals surface area contributed by atoms with Crippen LogP contribution >= 0.6 is 0 Å². The van der Waals surface area contributed by atoms with Gasteiger partial charge in [-0.2, -0.15) is 0 Å².